The van der Waals surface area contributed by atoms with Crippen molar-refractivity contribution in [1.82, 2.24) is 0 Å². The molecule has 44 heteroatoms. The maximum absolute atomic E-state index is 10.7. The second-order valence-corrected chi connectivity index (χ2v) is 40.7. The summed E-state index contributed by atoms with van der Waals surface area (Å²) in [6.07, 6.45) is 0. The Balaban J connectivity index is 0.000000375. The highest BCUT2D eigenvalue weighted by atomic mass is 79.9. The summed E-state index contributed by atoms with van der Waals surface area (Å²) in [4.78, 5) is 11.0. The molecule has 14 rings (SSSR count). The standard InChI is InChI=1S/2C14H14BrS.2C14H13S.C8H8ClNO.C8H9NO.C6H6ClNO.C6H7NO.4CHF3O3S/c2*15-11-12-16(13-7-3-1-4-8-13)14-9-5-2-6-10-14;2*1-2-15(13-9-5-3-6-10-13)14-11-7-4-8-12-14;9-6-1-2-8-7(5-6)10-3-4-11-8;1-2-4-8-7(3-1)9-5-6-10-8;7-4-1-2-6(9)5(8)3-4;7-5-3-1-2-4-6(5)8;4*2-1(3,4)8(5,6)7/h2*1-10H,11-12H2;2*2-12H,1H2;1-2,5,10H,3-4H2;1-4,9H,5-6H2;1-3,9H,8H2;1-4,8H,7H2;4*(H,5,6,7)/q4*+1;;;;;;;;/p-4. The van der Waals surface area contributed by atoms with Crippen molar-refractivity contribution in [3.63, 3.8) is 0 Å². The van der Waals surface area contributed by atoms with Crippen LogP contribution >= 0.6 is 55.1 Å². The van der Waals surface area contributed by atoms with Gasteiger partial charge in [0.2, 0.25) is 0 Å². The first-order valence-corrected chi connectivity index (χ1v) is 51.1. The van der Waals surface area contributed by atoms with Crippen LogP contribution in [0.5, 0.6) is 23.0 Å². The zero-order chi connectivity index (χ0) is 98.8. The lowest BCUT2D eigenvalue weighted by Gasteiger charge is -2.18. The number of rotatable bonds is 14. The second-order valence-electron chi connectivity index (χ2n) is 24.6. The summed E-state index contributed by atoms with van der Waals surface area (Å²) in [6, 6.07) is 110. The average Bonchev–Trinajstić information content (AvgIpc) is 0.856. The second kappa shape index (κ2) is 59.1. The van der Waals surface area contributed by atoms with Crippen molar-refractivity contribution in [3.05, 3.63) is 362 Å². The number of nitrogens with two attached hydrogens (primary N) is 2. The predicted octanol–water partition coefficient (Wildman–Crippen LogP) is 22.4. The molecule has 2 aliphatic heterocycles. The highest BCUT2D eigenvalue weighted by Gasteiger charge is 2.39. The topological polar surface area (TPSA) is 364 Å². The molecule has 0 saturated carbocycles. The lowest BCUT2D eigenvalue weighted by Crippen LogP contribution is -2.21. The van der Waals surface area contributed by atoms with Gasteiger partial charge >= 0.3 is 22.0 Å². The minimum atomic E-state index is -6.09. The van der Waals surface area contributed by atoms with Crippen molar-refractivity contribution in [2.45, 2.75) is 61.2 Å². The van der Waals surface area contributed by atoms with Crippen molar-refractivity contribution < 1.29 is 124 Å². The smallest absolute Gasteiger partial charge is 0.485 e. The maximum atomic E-state index is 10.7. The minimum absolute atomic E-state index is 0.00568. The van der Waals surface area contributed by atoms with Crippen LogP contribution in [0.1, 0.15) is 0 Å². The van der Waals surface area contributed by atoms with E-state index in [0.29, 0.717) is 16.4 Å². The zero-order valence-electron chi connectivity index (χ0n) is 68.5. The number of benzene rings is 12. The summed E-state index contributed by atoms with van der Waals surface area (Å²) < 4.78 is 246. The zero-order valence-corrected chi connectivity index (χ0v) is 79.7. The van der Waals surface area contributed by atoms with Gasteiger partial charge in [-0.15, -0.1) is 0 Å². The fraction of sp³-hybridized carbons (Fsp3) is 0.136. The number of anilines is 4. The van der Waals surface area contributed by atoms with Crippen LogP contribution in [0.3, 0.4) is 0 Å². The SMILES string of the molecule is BrCC[S+](c1ccccc1)c1ccccc1.BrCC[S+](c1ccccc1)c1ccccc1.C=C[S+](c1ccccc1)c1ccccc1.C=C[S+](c1ccccc1)c1ccccc1.Clc1ccc2c(c1)NCCO2.Nc1cc(Cl)ccc1O.Nc1ccccc1O.O=S(=O)([O-])C(F)(F)F.O=S(=O)([O-])C(F)(F)F.O=S(=O)([O-])C(F)(F)F.O=S(=O)([O-])C(F)(F)F.c1ccc2c(c1)NCCO2. The van der Waals surface area contributed by atoms with Crippen LogP contribution in [0.15, 0.2) is 391 Å². The van der Waals surface area contributed by atoms with Crippen molar-refractivity contribution in [2.75, 3.05) is 70.6 Å². The normalized spacial score (nSPS) is 11.8. The molecule has 0 aliphatic carbocycles. The molecule has 0 bridgehead atoms. The number of aromatic hydroxyl groups is 2. The molecular weight excluding hydrogens is 2080 g/mol. The van der Waals surface area contributed by atoms with Crippen molar-refractivity contribution >= 4 is 162 Å². The van der Waals surface area contributed by atoms with Crippen LogP contribution in [0.4, 0.5) is 75.4 Å². The molecular formula is C88H84Br2Cl2F12N4O16S8. The van der Waals surface area contributed by atoms with Gasteiger partial charge in [-0.05, 0) is 158 Å². The number of alkyl halides is 14. The van der Waals surface area contributed by atoms with Gasteiger partial charge in [0.05, 0.1) is 66.3 Å². The van der Waals surface area contributed by atoms with E-state index in [-0.39, 0.29) is 55.1 Å². The molecule has 0 saturated heterocycles. The van der Waals surface area contributed by atoms with E-state index in [4.69, 9.17) is 106 Å². The van der Waals surface area contributed by atoms with E-state index in [0.717, 1.165) is 76.4 Å². The van der Waals surface area contributed by atoms with Crippen LogP contribution in [0, 0.1) is 0 Å². The van der Waals surface area contributed by atoms with Gasteiger partial charge in [-0.25, -0.2) is 33.7 Å². The number of hydrogen-bond acceptors (Lipinski definition) is 20. The third-order valence-corrected chi connectivity index (χ3v) is 28.2. The molecule has 20 nitrogen and oxygen atoms in total. The number of phenolic OH excluding ortho intramolecular Hbond substituents is 2. The van der Waals surface area contributed by atoms with Crippen molar-refractivity contribution in [3.8, 4) is 23.0 Å². The Morgan fingerprint density at radius 2 is 0.583 bits per heavy atom. The molecule has 0 amide bonds. The maximum Gasteiger partial charge on any atom is 0.485 e. The molecule has 0 atom stereocenters. The molecule has 8 N–H and O–H groups in total. The first-order valence-electron chi connectivity index (χ1n) is 37.1. The Kier molecular flexibility index (Phi) is 52.1. The first kappa shape index (κ1) is 116. The van der Waals surface area contributed by atoms with Crippen LogP contribution in [-0.4, -0.2) is 133 Å². The molecule has 0 fully saturated rings. The van der Waals surface area contributed by atoms with Gasteiger partial charge in [0.25, 0.3) is 0 Å². The van der Waals surface area contributed by atoms with Crippen LogP contribution in [0.2, 0.25) is 10.0 Å². The monoisotopic (exact) mass is 2160 g/mol. The van der Waals surface area contributed by atoms with Crippen molar-refractivity contribution in [2.24, 2.45) is 0 Å². The largest absolute Gasteiger partial charge is 0.741 e. The van der Waals surface area contributed by atoms with Crippen LogP contribution < -0.4 is 31.6 Å². The summed E-state index contributed by atoms with van der Waals surface area (Å²) >= 11 is 18.4. The molecule has 0 radical (unpaired) electrons. The number of phenols is 2. The summed E-state index contributed by atoms with van der Waals surface area (Å²) in [6.45, 7) is 11.1. The highest BCUT2D eigenvalue weighted by molar-refractivity contribution is 9.09. The number of nitrogens with one attached hydrogen (secondary N) is 2. The number of nitrogen functional groups attached to an aromatic ring is 2. The van der Waals surface area contributed by atoms with Gasteiger partial charge < -0.3 is 60.0 Å². The molecule has 12 aromatic carbocycles. The lowest BCUT2D eigenvalue weighted by atomic mass is 10.2. The first-order chi connectivity index (χ1) is 62.0. The number of halogens is 16. The third kappa shape index (κ3) is 45.3. The fourth-order valence-electron chi connectivity index (χ4n) is 9.37. The van der Waals surface area contributed by atoms with Gasteiger partial charge in [-0.2, -0.15) is 52.7 Å². The molecule has 0 unspecified atom stereocenters. The number of fused-ring (bicyclic) bond motifs is 2. The van der Waals surface area contributed by atoms with Crippen LogP contribution in [-0.2, 0) is 84.1 Å². The quantitative estimate of drug-likeness (QED) is 0.0112. The Hall–Kier alpha value is -9.74. The van der Waals surface area contributed by atoms with E-state index < -0.39 is 62.5 Å². The summed E-state index contributed by atoms with van der Waals surface area (Å²) in [7, 11) is -23.9. The van der Waals surface area contributed by atoms with Crippen LogP contribution in [0.25, 0.3) is 0 Å². The van der Waals surface area contributed by atoms with E-state index in [1.54, 1.807) is 30.3 Å². The summed E-state index contributed by atoms with van der Waals surface area (Å²) in [5.74, 6) is 4.39. The molecule has 2 heterocycles. The average molecular weight is 2170 g/mol. The number of hydrogen-bond donors (Lipinski definition) is 6. The van der Waals surface area contributed by atoms with Gasteiger partial charge in [0, 0.05) is 33.8 Å². The lowest BCUT2D eigenvalue weighted by molar-refractivity contribution is -0.0522. The number of ether oxygens (including phenoxy) is 2. The molecule has 132 heavy (non-hydrogen) atoms. The van der Waals surface area contributed by atoms with E-state index >= 15 is 0 Å². The molecule has 2 aliphatic rings. The summed E-state index contributed by atoms with van der Waals surface area (Å²) in [5.41, 5.74) is -9.20. The Labute approximate surface area is 795 Å². The van der Waals surface area contributed by atoms with Crippen molar-refractivity contribution in [1.29, 1.82) is 0 Å². The van der Waals surface area contributed by atoms with E-state index in [1.165, 1.54) is 51.3 Å². The Morgan fingerprint density at radius 3 is 0.826 bits per heavy atom. The van der Waals surface area contributed by atoms with Gasteiger partial charge in [0.1, 0.15) is 58.5 Å². The predicted molar refractivity (Wildman–Crippen MR) is 504 cm³/mol. The minimum Gasteiger partial charge on any atom is -0.741 e. The van der Waals surface area contributed by atoms with E-state index in [9.17, 15) is 52.7 Å². The molecule has 0 aromatic heterocycles. The van der Waals surface area contributed by atoms with Gasteiger partial charge in [-0.1, -0.05) is 238 Å². The Morgan fingerprint density at radius 1 is 0.348 bits per heavy atom. The number of para-hydroxylation sites is 4. The molecule has 12 aromatic rings. The third-order valence-electron chi connectivity index (χ3n) is 15.2. The van der Waals surface area contributed by atoms with E-state index in [1.807, 2.05) is 77.5 Å². The Bertz CT molecular complexity index is 5290. The fourth-order valence-corrected chi connectivity index (χ4v) is 18.5. The molecule has 712 valence electrons. The molecule has 0 spiro atoms. The highest BCUT2D eigenvalue weighted by Crippen LogP contribution is 2.33. The van der Waals surface area contributed by atoms with Gasteiger partial charge in [0.15, 0.2) is 79.6 Å². The van der Waals surface area contributed by atoms with Gasteiger partial charge in [-0.3, -0.25) is 0 Å². The summed E-state index contributed by atoms with van der Waals surface area (Å²) in [5, 5.41) is 31.5. The van der Waals surface area contributed by atoms with E-state index in [2.05, 4.69) is 274 Å².